The summed E-state index contributed by atoms with van der Waals surface area (Å²) in [5, 5.41) is 0. The maximum absolute atomic E-state index is 10.4. The zero-order valence-electron chi connectivity index (χ0n) is 5.25. The third-order valence-electron chi connectivity index (χ3n) is 0.601. The Morgan fingerprint density at radius 1 is 1.67 bits per heavy atom. The van der Waals surface area contributed by atoms with Crippen molar-refractivity contribution < 1.29 is 14.4 Å². The van der Waals surface area contributed by atoms with Crippen LogP contribution in [0, 0.1) is 0 Å². The number of hydrogen-bond acceptors (Lipinski definition) is 3. The van der Waals surface area contributed by atoms with E-state index in [4.69, 9.17) is 0 Å². The number of nitrogens with zero attached hydrogens (tertiary/aromatic N) is 1. The Kier molecular flexibility index (Phi) is 3.19. The summed E-state index contributed by atoms with van der Waals surface area (Å²) in [7, 11) is 3.06. The van der Waals surface area contributed by atoms with Crippen LogP contribution in [0.25, 0.3) is 0 Å². The van der Waals surface area contributed by atoms with Crippen LogP contribution in [0.4, 0.5) is 4.79 Å². The van der Waals surface area contributed by atoms with Gasteiger partial charge in [0.15, 0.2) is 0 Å². The van der Waals surface area contributed by atoms with Gasteiger partial charge in [0.25, 0.3) is 0 Å². The molecule has 0 bridgehead atoms. The molecule has 0 aromatic rings. The highest BCUT2D eigenvalue weighted by Crippen LogP contribution is 1.73. The summed E-state index contributed by atoms with van der Waals surface area (Å²) in [6, 6.07) is -0.470. The molecule has 0 aliphatic rings. The summed E-state index contributed by atoms with van der Waals surface area (Å²) >= 11 is 0. The number of hydroxylamine groups is 1. The molecule has 0 heterocycles. The quantitative estimate of drug-likeness (QED) is 0.401. The van der Waals surface area contributed by atoms with Crippen molar-refractivity contribution in [1.82, 2.24) is 10.4 Å². The van der Waals surface area contributed by atoms with Crippen molar-refractivity contribution in [1.29, 1.82) is 0 Å². The molecule has 0 saturated carbocycles. The Morgan fingerprint density at radius 2 is 2.22 bits per heavy atom. The summed E-state index contributed by atoms with van der Waals surface area (Å²) in [6.07, 6.45) is 0. The first-order valence-corrected chi connectivity index (χ1v) is 2.25. The Labute approximate surface area is 52.5 Å². The fourth-order valence-corrected chi connectivity index (χ4v) is 0.166. The molecule has 52 valence electrons. The van der Waals surface area contributed by atoms with Crippen LogP contribution in [0.5, 0.6) is 0 Å². The lowest BCUT2D eigenvalue weighted by molar-refractivity contribution is -0.133. The Hall–Kier alpha value is -1.26. The van der Waals surface area contributed by atoms with Crippen molar-refractivity contribution in [2.75, 3.05) is 14.1 Å². The first-order valence-electron chi connectivity index (χ1n) is 2.25. The average Bonchev–Trinajstić information content (AvgIpc) is 1.82. The molecule has 0 radical (unpaired) electrons. The summed E-state index contributed by atoms with van der Waals surface area (Å²) in [5.74, 6) is 0. The van der Waals surface area contributed by atoms with Crippen LogP contribution in [0.15, 0.2) is 0 Å². The van der Waals surface area contributed by atoms with E-state index < -0.39 is 6.03 Å². The first-order chi connectivity index (χ1) is 4.18. The van der Waals surface area contributed by atoms with Gasteiger partial charge in [-0.15, -0.1) is 0 Å². The van der Waals surface area contributed by atoms with E-state index in [2.05, 4.69) is 4.84 Å². The van der Waals surface area contributed by atoms with Gasteiger partial charge in [0, 0.05) is 14.1 Å². The number of rotatable bonds is 2. The van der Waals surface area contributed by atoms with Gasteiger partial charge >= 0.3 is 12.5 Å². The van der Waals surface area contributed by atoms with Crippen LogP contribution in [-0.4, -0.2) is 31.5 Å². The predicted molar refractivity (Wildman–Crippen MR) is 29.4 cm³/mol. The third-order valence-corrected chi connectivity index (χ3v) is 0.601. The summed E-state index contributed by atoms with van der Waals surface area (Å²) < 4.78 is 0. The molecule has 9 heavy (non-hydrogen) atoms. The molecule has 0 aromatic carbocycles. The second-order valence-electron chi connectivity index (χ2n) is 1.52. The molecule has 5 nitrogen and oxygen atoms in total. The molecule has 0 rings (SSSR count). The largest absolute Gasteiger partial charge is 0.350 e. The second kappa shape index (κ2) is 3.71. The van der Waals surface area contributed by atoms with Gasteiger partial charge in [-0.2, -0.15) is 5.48 Å². The average molecular weight is 132 g/mol. The van der Waals surface area contributed by atoms with Crippen molar-refractivity contribution >= 4 is 12.5 Å². The number of nitrogens with one attached hydrogen (secondary N) is 1. The molecule has 1 N–H and O–H groups in total. The van der Waals surface area contributed by atoms with Gasteiger partial charge in [0.2, 0.25) is 0 Å². The van der Waals surface area contributed by atoms with Crippen molar-refractivity contribution in [3.05, 3.63) is 0 Å². The molecule has 0 aliphatic carbocycles. The molecular weight excluding hydrogens is 124 g/mol. The van der Waals surface area contributed by atoms with Crippen LogP contribution in [-0.2, 0) is 9.63 Å². The Bertz CT molecular complexity index is 112. The monoisotopic (exact) mass is 132 g/mol. The number of carbonyl (C=O) groups excluding carboxylic acids is 2. The fraction of sp³-hybridized carbons (Fsp3) is 0.500. The lowest BCUT2D eigenvalue weighted by atomic mass is 10.9. The van der Waals surface area contributed by atoms with Crippen molar-refractivity contribution in [2.45, 2.75) is 0 Å². The van der Waals surface area contributed by atoms with E-state index in [0.717, 1.165) is 0 Å². The van der Waals surface area contributed by atoms with E-state index in [1.807, 2.05) is 5.48 Å². The molecule has 0 fully saturated rings. The molecule has 0 saturated heterocycles. The van der Waals surface area contributed by atoms with Gasteiger partial charge in [-0.25, -0.2) is 4.79 Å². The van der Waals surface area contributed by atoms with Gasteiger partial charge < -0.3 is 9.74 Å². The fourth-order valence-electron chi connectivity index (χ4n) is 0.166. The lowest BCUT2D eigenvalue weighted by Gasteiger charge is -2.08. The highest BCUT2D eigenvalue weighted by molar-refractivity contribution is 5.72. The highest BCUT2D eigenvalue weighted by Gasteiger charge is 1.99. The van der Waals surface area contributed by atoms with E-state index >= 15 is 0 Å². The van der Waals surface area contributed by atoms with E-state index in [-0.39, 0.29) is 6.47 Å². The molecule has 0 spiro atoms. The number of hydrogen-bond donors (Lipinski definition) is 1. The van der Waals surface area contributed by atoms with Crippen LogP contribution in [0.1, 0.15) is 0 Å². The molecule has 5 heteroatoms. The highest BCUT2D eigenvalue weighted by atomic mass is 16.7. The van der Waals surface area contributed by atoms with E-state index in [0.29, 0.717) is 0 Å². The van der Waals surface area contributed by atoms with Crippen LogP contribution in [0.2, 0.25) is 0 Å². The van der Waals surface area contributed by atoms with Crippen LogP contribution in [0.3, 0.4) is 0 Å². The minimum atomic E-state index is -0.470. The van der Waals surface area contributed by atoms with Gasteiger partial charge in [-0.05, 0) is 0 Å². The third kappa shape index (κ3) is 3.33. The van der Waals surface area contributed by atoms with Crippen LogP contribution < -0.4 is 5.48 Å². The van der Waals surface area contributed by atoms with E-state index in [1.54, 1.807) is 0 Å². The predicted octanol–water partition coefficient (Wildman–Crippen LogP) is -0.654. The van der Waals surface area contributed by atoms with E-state index in [1.165, 1.54) is 19.0 Å². The first kappa shape index (κ1) is 7.74. The lowest BCUT2D eigenvalue weighted by Crippen LogP contribution is -2.34. The molecule has 2 amide bonds. The summed E-state index contributed by atoms with van der Waals surface area (Å²) in [5.41, 5.74) is 1.85. The topological polar surface area (TPSA) is 58.6 Å². The van der Waals surface area contributed by atoms with Crippen molar-refractivity contribution in [3.63, 3.8) is 0 Å². The van der Waals surface area contributed by atoms with Gasteiger partial charge in [-0.3, -0.25) is 4.79 Å². The maximum atomic E-state index is 10.4. The second-order valence-corrected chi connectivity index (χ2v) is 1.52. The summed E-state index contributed by atoms with van der Waals surface area (Å²) in [6.45, 7) is 0.140. The smallest absolute Gasteiger partial charge is 0.343 e. The molecular formula is C4H8N2O3. The SMILES string of the molecule is CN(C)C(=O)NOC=O. The minimum absolute atomic E-state index is 0.140. The minimum Gasteiger partial charge on any atom is -0.343 e. The molecule has 0 aliphatic heterocycles. The normalized spacial score (nSPS) is 7.78. The van der Waals surface area contributed by atoms with Crippen LogP contribution >= 0.6 is 0 Å². The molecule has 0 unspecified atom stereocenters. The van der Waals surface area contributed by atoms with Gasteiger partial charge in [0.05, 0.1) is 0 Å². The number of urea groups is 1. The zero-order chi connectivity index (χ0) is 7.28. The number of carbonyl (C=O) groups is 2. The standard InChI is InChI=1S/C4H8N2O3/c1-6(2)4(8)5-9-3-7/h3H,1-2H3,(H,5,8). The van der Waals surface area contributed by atoms with Gasteiger partial charge in [0.1, 0.15) is 0 Å². The Balaban J connectivity index is 3.38. The number of amides is 2. The zero-order valence-corrected chi connectivity index (χ0v) is 5.25. The van der Waals surface area contributed by atoms with Crippen molar-refractivity contribution in [3.8, 4) is 0 Å². The maximum Gasteiger partial charge on any atom is 0.350 e. The van der Waals surface area contributed by atoms with Crippen molar-refractivity contribution in [2.24, 2.45) is 0 Å². The molecule has 0 aromatic heterocycles. The van der Waals surface area contributed by atoms with Gasteiger partial charge in [-0.1, -0.05) is 0 Å². The Morgan fingerprint density at radius 3 is 2.56 bits per heavy atom. The summed E-state index contributed by atoms with van der Waals surface area (Å²) in [4.78, 5) is 25.1. The van der Waals surface area contributed by atoms with E-state index in [9.17, 15) is 9.59 Å². The molecule has 0 atom stereocenters.